The number of nitrogens with zero attached hydrogens (tertiary/aromatic N) is 2. The van der Waals surface area contributed by atoms with Gasteiger partial charge in [0.15, 0.2) is 0 Å². The van der Waals surface area contributed by atoms with E-state index < -0.39 is 0 Å². The predicted octanol–water partition coefficient (Wildman–Crippen LogP) is 1.55. The van der Waals surface area contributed by atoms with Gasteiger partial charge in [0.05, 0.1) is 12.2 Å². The predicted molar refractivity (Wildman–Crippen MR) is 90.3 cm³/mol. The van der Waals surface area contributed by atoms with Gasteiger partial charge < -0.3 is 20.7 Å². The monoisotopic (exact) mass is 329 g/mol. The molecule has 1 aromatic carbocycles. The lowest BCUT2D eigenvalue weighted by Gasteiger charge is -2.07. The van der Waals surface area contributed by atoms with E-state index in [4.69, 9.17) is 4.74 Å². The highest BCUT2D eigenvalue weighted by molar-refractivity contribution is 5.93. The Morgan fingerprint density at radius 3 is 2.29 bits per heavy atom. The molecule has 0 aliphatic heterocycles. The van der Waals surface area contributed by atoms with Gasteiger partial charge in [0, 0.05) is 44.3 Å². The van der Waals surface area contributed by atoms with Crippen LogP contribution in [-0.4, -0.2) is 42.0 Å². The normalized spacial score (nSPS) is 10.1. The molecule has 0 radical (unpaired) electrons. The Balaban J connectivity index is 1.93. The number of nitrogens with one attached hydrogen (secondary N) is 3. The second-order valence-corrected chi connectivity index (χ2v) is 4.93. The van der Waals surface area contributed by atoms with E-state index in [9.17, 15) is 9.59 Å². The van der Waals surface area contributed by atoms with Crippen molar-refractivity contribution in [3.8, 4) is 0 Å². The van der Waals surface area contributed by atoms with Crippen molar-refractivity contribution in [1.29, 1.82) is 0 Å². The summed E-state index contributed by atoms with van der Waals surface area (Å²) in [5, 5.41) is 8.39. The van der Waals surface area contributed by atoms with Gasteiger partial charge >= 0.3 is 0 Å². The maximum Gasteiger partial charge on any atom is 0.254 e. The van der Waals surface area contributed by atoms with Crippen molar-refractivity contribution in [2.24, 2.45) is 0 Å². The van der Waals surface area contributed by atoms with Gasteiger partial charge in [-0.15, -0.1) is 0 Å². The van der Waals surface area contributed by atoms with E-state index in [1.54, 1.807) is 31.4 Å². The van der Waals surface area contributed by atoms with Crippen LogP contribution in [-0.2, 0) is 9.53 Å². The van der Waals surface area contributed by atoms with Gasteiger partial charge in [0.2, 0.25) is 11.9 Å². The van der Waals surface area contributed by atoms with Gasteiger partial charge in [-0.1, -0.05) is 0 Å². The molecule has 0 atom stereocenters. The summed E-state index contributed by atoms with van der Waals surface area (Å²) in [6.45, 7) is 2.32. The van der Waals surface area contributed by atoms with E-state index in [-0.39, 0.29) is 11.8 Å². The number of aromatic nitrogens is 2. The van der Waals surface area contributed by atoms with Crippen LogP contribution in [0.3, 0.4) is 0 Å². The van der Waals surface area contributed by atoms with Crippen LogP contribution in [0.5, 0.6) is 0 Å². The summed E-state index contributed by atoms with van der Waals surface area (Å²) in [6, 6.07) is 7.11. The third-order valence-corrected chi connectivity index (χ3v) is 2.97. The topological polar surface area (TPSA) is 105 Å². The van der Waals surface area contributed by atoms with E-state index >= 15 is 0 Å². The van der Waals surface area contributed by atoms with E-state index in [1.807, 2.05) is 0 Å². The van der Waals surface area contributed by atoms with E-state index in [0.29, 0.717) is 30.4 Å². The maximum atomic E-state index is 11.8. The van der Waals surface area contributed by atoms with Crippen LogP contribution >= 0.6 is 0 Å². The molecule has 8 nitrogen and oxygen atoms in total. The van der Waals surface area contributed by atoms with E-state index in [0.717, 1.165) is 5.69 Å². The van der Waals surface area contributed by atoms with Crippen LogP contribution in [0.25, 0.3) is 0 Å². The second kappa shape index (κ2) is 8.59. The molecule has 2 aromatic rings. The van der Waals surface area contributed by atoms with Crippen LogP contribution < -0.4 is 16.0 Å². The molecule has 8 heteroatoms. The van der Waals surface area contributed by atoms with Crippen LogP contribution in [0.2, 0.25) is 0 Å². The largest absolute Gasteiger partial charge is 0.383 e. The van der Waals surface area contributed by atoms with Crippen molar-refractivity contribution in [2.45, 2.75) is 6.92 Å². The van der Waals surface area contributed by atoms with Crippen molar-refractivity contribution in [3.63, 3.8) is 0 Å². The number of carbonyl (C=O) groups is 2. The standard InChI is InChI=1S/C16H19N5O3/c1-11(22)20-13-3-5-14(6-4-13)21-16-18-9-12(10-19-16)15(23)17-7-8-24-2/h3-6,9-10H,7-8H2,1-2H3,(H,17,23)(H,20,22)(H,18,19,21). The lowest BCUT2D eigenvalue weighted by atomic mass is 10.3. The average molecular weight is 329 g/mol. The molecule has 0 saturated carbocycles. The van der Waals surface area contributed by atoms with Crippen molar-refractivity contribution < 1.29 is 14.3 Å². The summed E-state index contributed by atoms with van der Waals surface area (Å²) in [5.74, 6) is -0.00705. The van der Waals surface area contributed by atoms with Gasteiger partial charge in [0.25, 0.3) is 5.91 Å². The molecule has 0 saturated heterocycles. The maximum absolute atomic E-state index is 11.8. The number of anilines is 3. The Kier molecular flexibility index (Phi) is 6.21. The highest BCUT2D eigenvalue weighted by Crippen LogP contribution is 2.16. The first-order chi connectivity index (χ1) is 11.6. The third-order valence-electron chi connectivity index (χ3n) is 2.97. The zero-order chi connectivity index (χ0) is 17.4. The first kappa shape index (κ1) is 17.4. The number of carbonyl (C=O) groups excluding carboxylic acids is 2. The van der Waals surface area contributed by atoms with Gasteiger partial charge in [-0.2, -0.15) is 0 Å². The lowest BCUT2D eigenvalue weighted by molar-refractivity contribution is -0.114. The Morgan fingerprint density at radius 2 is 1.71 bits per heavy atom. The SMILES string of the molecule is COCCNC(=O)c1cnc(Nc2ccc(NC(C)=O)cc2)nc1. The minimum atomic E-state index is -0.252. The molecule has 1 heterocycles. The fourth-order valence-electron chi connectivity index (χ4n) is 1.85. The van der Waals surface area contributed by atoms with Crippen molar-refractivity contribution >= 4 is 29.1 Å². The fraction of sp³-hybridized carbons (Fsp3) is 0.250. The van der Waals surface area contributed by atoms with Crippen LogP contribution in [0.4, 0.5) is 17.3 Å². The minimum Gasteiger partial charge on any atom is -0.383 e. The number of benzene rings is 1. The molecule has 126 valence electrons. The summed E-state index contributed by atoms with van der Waals surface area (Å²) >= 11 is 0. The summed E-state index contributed by atoms with van der Waals surface area (Å²) in [5.41, 5.74) is 1.84. The number of hydrogen-bond acceptors (Lipinski definition) is 6. The average Bonchev–Trinajstić information content (AvgIpc) is 2.57. The number of ether oxygens (including phenoxy) is 1. The Labute approximate surface area is 139 Å². The Bertz CT molecular complexity index is 686. The molecule has 0 fully saturated rings. The molecule has 3 N–H and O–H groups in total. The van der Waals surface area contributed by atoms with Gasteiger partial charge in [-0.05, 0) is 24.3 Å². The van der Waals surface area contributed by atoms with Crippen molar-refractivity contribution in [3.05, 3.63) is 42.2 Å². The second-order valence-electron chi connectivity index (χ2n) is 4.93. The summed E-state index contributed by atoms with van der Waals surface area (Å²) in [4.78, 5) is 31.0. The Hall–Kier alpha value is -3.00. The fourth-order valence-corrected chi connectivity index (χ4v) is 1.85. The smallest absolute Gasteiger partial charge is 0.254 e. The Morgan fingerprint density at radius 1 is 1.08 bits per heavy atom. The molecule has 0 unspecified atom stereocenters. The number of hydrogen-bond donors (Lipinski definition) is 3. The molecular weight excluding hydrogens is 310 g/mol. The van der Waals surface area contributed by atoms with Gasteiger partial charge in [0.1, 0.15) is 0 Å². The highest BCUT2D eigenvalue weighted by atomic mass is 16.5. The highest BCUT2D eigenvalue weighted by Gasteiger charge is 2.06. The molecule has 2 rings (SSSR count). The molecule has 0 spiro atoms. The van der Waals surface area contributed by atoms with Crippen LogP contribution in [0.1, 0.15) is 17.3 Å². The quantitative estimate of drug-likeness (QED) is 0.666. The summed E-state index contributed by atoms with van der Waals surface area (Å²) in [7, 11) is 1.57. The summed E-state index contributed by atoms with van der Waals surface area (Å²) in [6.07, 6.45) is 2.90. The zero-order valence-electron chi connectivity index (χ0n) is 13.5. The number of methoxy groups -OCH3 is 1. The molecular formula is C16H19N5O3. The van der Waals surface area contributed by atoms with Gasteiger partial charge in [-0.25, -0.2) is 9.97 Å². The van der Waals surface area contributed by atoms with Crippen LogP contribution in [0.15, 0.2) is 36.7 Å². The molecule has 0 aliphatic rings. The van der Waals surface area contributed by atoms with E-state index in [2.05, 4.69) is 25.9 Å². The molecule has 1 aromatic heterocycles. The first-order valence-corrected chi connectivity index (χ1v) is 7.32. The number of rotatable bonds is 7. The minimum absolute atomic E-state index is 0.126. The molecule has 0 aliphatic carbocycles. The third kappa shape index (κ3) is 5.33. The van der Waals surface area contributed by atoms with E-state index in [1.165, 1.54) is 19.3 Å². The van der Waals surface area contributed by atoms with Crippen molar-refractivity contribution in [2.75, 3.05) is 30.9 Å². The zero-order valence-corrected chi connectivity index (χ0v) is 13.5. The lowest BCUT2D eigenvalue weighted by Crippen LogP contribution is -2.27. The summed E-state index contributed by atoms with van der Waals surface area (Å²) < 4.78 is 4.86. The number of amides is 2. The van der Waals surface area contributed by atoms with Gasteiger partial charge in [-0.3, -0.25) is 9.59 Å². The van der Waals surface area contributed by atoms with Crippen LogP contribution in [0, 0.1) is 0 Å². The van der Waals surface area contributed by atoms with Crippen molar-refractivity contribution in [1.82, 2.24) is 15.3 Å². The molecule has 24 heavy (non-hydrogen) atoms. The first-order valence-electron chi connectivity index (χ1n) is 7.32. The molecule has 2 amide bonds. The molecule has 0 bridgehead atoms.